The molecule has 1 aromatic heterocycles. The Bertz CT molecular complexity index is 582. The number of oxime groups is 1. The van der Waals surface area contributed by atoms with Gasteiger partial charge in [0.15, 0.2) is 5.84 Å². The summed E-state index contributed by atoms with van der Waals surface area (Å²) in [4.78, 5) is 6.01. The van der Waals surface area contributed by atoms with Crippen LogP contribution in [0.3, 0.4) is 0 Å². The summed E-state index contributed by atoms with van der Waals surface area (Å²) in [6, 6.07) is 3.00. The van der Waals surface area contributed by atoms with Crippen LogP contribution in [0.5, 0.6) is 0 Å². The highest BCUT2D eigenvalue weighted by atomic mass is 32.2. The van der Waals surface area contributed by atoms with Crippen molar-refractivity contribution in [2.75, 3.05) is 19.6 Å². The zero-order valence-electron chi connectivity index (χ0n) is 11.5. The van der Waals surface area contributed by atoms with Gasteiger partial charge in [-0.05, 0) is 25.0 Å². The first kappa shape index (κ1) is 15.7. The fraction of sp³-hybridized carbons (Fsp3) is 0.500. The predicted molar refractivity (Wildman–Crippen MR) is 77.4 cm³/mol. The van der Waals surface area contributed by atoms with Crippen molar-refractivity contribution in [3.05, 3.63) is 24.5 Å². The Morgan fingerprint density at radius 1 is 1.52 bits per heavy atom. The molecule has 0 radical (unpaired) electrons. The van der Waals surface area contributed by atoms with Crippen LogP contribution in [0.25, 0.3) is 0 Å². The summed E-state index contributed by atoms with van der Waals surface area (Å²) in [6.07, 6.45) is 4.22. The first-order valence-corrected chi connectivity index (χ1v) is 8.10. The van der Waals surface area contributed by atoms with Gasteiger partial charge in [-0.2, -0.15) is 0 Å². The summed E-state index contributed by atoms with van der Waals surface area (Å²) in [5.41, 5.74) is 5.46. The van der Waals surface area contributed by atoms with Crippen molar-refractivity contribution in [2.24, 2.45) is 10.9 Å². The number of pyridine rings is 1. The molecule has 0 bridgehead atoms. The van der Waals surface area contributed by atoms with Crippen LogP contribution in [-0.4, -0.2) is 55.0 Å². The molecular formula is C12H19N5O3S. The van der Waals surface area contributed by atoms with Crippen molar-refractivity contribution < 1.29 is 13.6 Å². The molecule has 4 N–H and O–H groups in total. The third-order valence-corrected chi connectivity index (χ3v) is 4.87. The predicted octanol–water partition coefficient (Wildman–Crippen LogP) is -0.429. The maximum absolute atomic E-state index is 12.2. The molecule has 2 heterocycles. The number of sulfonamides is 1. The molecule has 9 heteroatoms. The Morgan fingerprint density at radius 3 is 2.81 bits per heavy atom. The average molecular weight is 313 g/mol. The number of aromatic nitrogens is 1. The number of amidine groups is 1. The van der Waals surface area contributed by atoms with Gasteiger partial charge in [0, 0.05) is 31.5 Å². The topological polar surface area (TPSA) is 121 Å². The molecule has 1 aromatic rings. The van der Waals surface area contributed by atoms with Crippen molar-refractivity contribution in [3.8, 4) is 0 Å². The van der Waals surface area contributed by atoms with Gasteiger partial charge in [0.25, 0.3) is 0 Å². The molecule has 1 aliphatic rings. The number of rotatable bonds is 5. The molecule has 2 rings (SSSR count). The number of nitrogens with two attached hydrogens (primary N) is 1. The van der Waals surface area contributed by atoms with Crippen molar-refractivity contribution >= 4 is 15.9 Å². The van der Waals surface area contributed by atoms with Gasteiger partial charge in [-0.15, -0.1) is 0 Å². The maximum Gasteiger partial charge on any atom is 0.242 e. The minimum atomic E-state index is -3.52. The van der Waals surface area contributed by atoms with E-state index < -0.39 is 10.0 Å². The molecule has 1 fully saturated rings. The number of piperidine rings is 1. The van der Waals surface area contributed by atoms with Crippen molar-refractivity contribution in [2.45, 2.75) is 23.8 Å². The van der Waals surface area contributed by atoms with E-state index in [9.17, 15) is 8.42 Å². The molecule has 8 nitrogen and oxygen atoms in total. The van der Waals surface area contributed by atoms with E-state index >= 15 is 0 Å². The van der Waals surface area contributed by atoms with Gasteiger partial charge in [-0.25, -0.2) is 13.1 Å². The summed E-state index contributed by atoms with van der Waals surface area (Å²) in [5.74, 6) is 0.157. The van der Waals surface area contributed by atoms with Crippen LogP contribution in [-0.2, 0) is 10.0 Å². The lowest BCUT2D eigenvalue weighted by atomic mass is 10.1. The number of likely N-dealkylation sites (tertiary alicyclic amines) is 1. The Balaban J connectivity index is 1.89. The number of nitrogens with one attached hydrogen (secondary N) is 1. The quantitative estimate of drug-likeness (QED) is 0.293. The van der Waals surface area contributed by atoms with Crippen LogP contribution in [0.4, 0.5) is 0 Å². The summed E-state index contributed by atoms with van der Waals surface area (Å²) in [6.45, 7) is 1.77. The van der Waals surface area contributed by atoms with Gasteiger partial charge < -0.3 is 10.9 Å². The fourth-order valence-corrected chi connectivity index (χ4v) is 3.53. The lowest BCUT2D eigenvalue weighted by molar-refractivity contribution is 0.228. The van der Waals surface area contributed by atoms with Crippen LogP contribution in [0.2, 0.25) is 0 Å². The minimum absolute atomic E-state index is 0.112. The zero-order valence-corrected chi connectivity index (χ0v) is 12.3. The third-order valence-electron chi connectivity index (χ3n) is 3.37. The van der Waals surface area contributed by atoms with E-state index in [-0.39, 0.29) is 16.8 Å². The largest absolute Gasteiger partial charge is 0.409 e. The first-order valence-electron chi connectivity index (χ1n) is 6.62. The number of nitrogens with zero attached hydrogens (tertiary/aromatic N) is 3. The summed E-state index contributed by atoms with van der Waals surface area (Å²) in [5, 5.41) is 11.5. The van der Waals surface area contributed by atoms with E-state index in [1.165, 1.54) is 18.5 Å². The minimum Gasteiger partial charge on any atom is -0.409 e. The number of hydrogen-bond acceptors (Lipinski definition) is 6. The zero-order chi connectivity index (χ0) is 15.3. The van der Waals surface area contributed by atoms with E-state index in [0.717, 1.165) is 0 Å². The van der Waals surface area contributed by atoms with Crippen LogP contribution >= 0.6 is 0 Å². The molecule has 0 aliphatic carbocycles. The Hall–Kier alpha value is -1.71. The first-order chi connectivity index (χ1) is 10.0. The smallest absolute Gasteiger partial charge is 0.242 e. The van der Waals surface area contributed by atoms with Crippen LogP contribution in [0.15, 0.2) is 34.6 Å². The van der Waals surface area contributed by atoms with Crippen LogP contribution in [0, 0.1) is 0 Å². The molecule has 1 saturated heterocycles. The second-order valence-electron chi connectivity index (χ2n) is 4.95. The van der Waals surface area contributed by atoms with Gasteiger partial charge in [-0.1, -0.05) is 5.16 Å². The highest BCUT2D eigenvalue weighted by Crippen LogP contribution is 2.14. The van der Waals surface area contributed by atoms with E-state index in [2.05, 4.69) is 14.9 Å². The van der Waals surface area contributed by atoms with Crippen molar-refractivity contribution in [1.82, 2.24) is 14.6 Å². The standard InChI is InChI=1S/C12H19N5O3S/c13-12(15-18)9-17-6-3-10(4-7-17)16-21(19,20)11-2-1-5-14-8-11/h1-2,5,8,10,16,18H,3-4,6-7,9H2,(H2,13,15). The molecular weight excluding hydrogens is 294 g/mol. The second-order valence-corrected chi connectivity index (χ2v) is 6.67. The number of hydrogen-bond donors (Lipinski definition) is 3. The molecule has 0 atom stereocenters. The Labute approximate surface area is 123 Å². The average Bonchev–Trinajstić information content (AvgIpc) is 2.50. The monoisotopic (exact) mass is 313 g/mol. The third kappa shape index (κ3) is 4.38. The molecule has 0 amide bonds. The van der Waals surface area contributed by atoms with Crippen molar-refractivity contribution in [1.29, 1.82) is 0 Å². The molecule has 0 aromatic carbocycles. The van der Waals surface area contributed by atoms with E-state index in [1.807, 2.05) is 4.90 Å². The summed E-state index contributed by atoms with van der Waals surface area (Å²) >= 11 is 0. The van der Waals surface area contributed by atoms with Gasteiger partial charge in [-0.3, -0.25) is 9.88 Å². The Kier molecular flexibility index (Phi) is 5.10. The van der Waals surface area contributed by atoms with Crippen LogP contribution in [0.1, 0.15) is 12.8 Å². The lowest BCUT2D eigenvalue weighted by Gasteiger charge is -2.31. The molecule has 0 unspecified atom stereocenters. The van der Waals surface area contributed by atoms with Crippen molar-refractivity contribution in [3.63, 3.8) is 0 Å². The molecule has 21 heavy (non-hydrogen) atoms. The maximum atomic E-state index is 12.2. The van der Waals surface area contributed by atoms with Gasteiger partial charge in [0.05, 0.1) is 6.54 Å². The van der Waals surface area contributed by atoms with E-state index in [4.69, 9.17) is 10.9 Å². The molecule has 0 saturated carbocycles. The molecule has 116 valence electrons. The van der Waals surface area contributed by atoms with E-state index in [1.54, 1.807) is 6.07 Å². The van der Waals surface area contributed by atoms with Gasteiger partial charge in [0.1, 0.15) is 4.90 Å². The van der Waals surface area contributed by atoms with Gasteiger partial charge >= 0.3 is 0 Å². The fourth-order valence-electron chi connectivity index (χ4n) is 2.26. The molecule has 1 aliphatic heterocycles. The lowest BCUT2D eigenvalue weighted by Crippen LogP contribution is -2.46. The Morgan fingerprint density at radius 2 is 2.24 bits per heavy atom. The highest BCUT2D eigenvalue weighted by molar-refractivity contribution is 7.89. The van der Waals surface area contributed by atoms with Gasteiger partial charge in [0.2, 0.25) is 10.0 Å². The summed E-state index contributed by atoms with van der Waals surface area (Å²) < 4.78 is 27.0. The normalized spacial score (nSPS) is 18.8. The summed E-state index contributed by atoms with van der Waals surface area (Å²) in [7, 11) is -3.52. The second kappa shape index (κ2) is 6.83. The van der Waals surface area contributed by atoms with E-state index in [0.29, 0.717) is 32.5 Å². The highest BCUT2D eigenvalue weighted by Gasteiger charge is 2.24. The SMILES string of the molecule is NC(CN1CCC(NS(=O)(=O)c2cccnc2)CC1)=NO. The molecule has 0 spiro atoms. The van der Waals surface area contributed by atoms with Crippen LogP contribution < -0.4 is 10.5 Å².